The SMILES string of the molecule is CCCCC(C)CCCc1ccccc1Oc1ccccc1CCCC(C)CCCC. The highest BCUT2D eigenvalue weighted by molar-refractivity contribution is 5.41. The van der Waals surface area contributed by atoms with Crippen molar-refractivity contribution in [1.82, 2.24) is 0 Å². The Balaban J connectivity index is 1.92. The summed E-state index contributed by atoms with van der Waals surface area (Å²) in [7, 11) is 0. The van der Waals surface area contributed by atoms with Gasteiger partial charge in [0.25, 0.3) is 0 Å². The van der Waals surface area contributed by atoms with Gasteiger partial charge in [0.2, 0.25) is 0 Å². The first-order chi connectivity index (χ1) is 15.1. The Bertz CT molecular complexity index is 658. The molecule has 0 amide bonds. The highest BCUT2D eigenvalue weighted by Gasteiger charge is 2.10. The van der Waals surface area contributed by atoms with Crippen molar-refractivity contribution in [2.45, 2.75) is 105 Å². The Labute approximate surface area is 192 Å². The van der Waals surface area contributed by atoms with Crippen LogP contribution in [0.3, 0.4) is 0 Å². The number of hydrogen-bond acceptors (Lipinski definition) is 1. The highest BCUT2D eigenvalue weighted by atomic mass is 16.5. The van der Waals surface area contributed by atoms with Crippen molar-refractivity contribution in [2.24, 2.45) is 11.8 Å². The van der Waals surface area contributed by atoms with Crippen LogP contribution in [0.4, 0.5) is 0 Å². The molecule has 0 spiro atoms. The minimum absolute atomic E-state index is 0.827. The van der Waals surface area contributed by atoms with Crippen LogP contribution < -0.4 is 4.74 Å². The lowest BCUT2D eigenvalue weighted by Gasteiger charge is -2.16. The molecule has 0 bridgehead atoms. The van der Waals surface area contributed by atoms with Gasteiger partial charge in [0.1, 0.15) is 11.5 Å². The fourth-order valence-corrected chi connectivity index (χ4v) is 4.41. The van der Waals surface area contributed by atoms with Gasteiger partial charge in [-0.2, -0.15) is 0 Å². The molecule has 2 rings (SSSR count). The summed E-state index contributed by atoms with van der Waals surface area (Å²) in [5.74, 6) is 3.72. The number of benzene rings is 2. The molecule has 2 atom stereocenters. The van der Waals surface area contributed by atoms with Gasteiger partial charge in [-0.3, -0.25) is 0 Å². The van der Waals surface area contributed by atoms with Gasteiger partial charge in [0.15, 0.2) is 0 Å². The molecule has 172 valence electrons. The monoisotopic (exact) mass is 422 g/mol. The molecule has 2 aromatic carbocycles. The van der Waals surface area contributed by atoms with E-state index in [0.717, 1.165) is 36.2 Å². The third-order valence-corrected chi connectivity index (χ3v) is 6.55. The van der Waals surface area contributed by atoms with E-state index in [1.165, 1.54) is 75.3 Å². The first-order valence-electron chi connectivity index (χ1n) is 13.0. The summed E-state index contributed by atoms with van der Waals surface area (Å²) in [6, 6.07) is 17.2. The van der Waals surface area contributed by atoms with Crippen LogP contribution >= 0.6 is 0 Å². The Kier molecular flexibility index (Phi) is 12.4. The highest BCUT2D eigenvalue weighted by Crippen LogP contribution is 2.30. The summed E-state index contributed by atoms with van der Waals surface area (Å²) < 4.78 is 6.49. The second-order valence-corrected chi connectivity index (χ2v) is 9.60. The van der Waals surface area contributed by atoms with E-state index in [1.54, 1.807) is 0 Å². The van der Waals surface area contributed by atoms with E-state index in [-0.39, 0.29) is 0 Å². The van der Waals surface area contributed by atoms with Crippen molar-refractivity contribution in [1.29, 1.82) is 0 Å². The number of hydrogen-bond donors (Lipinski definition) is 0. The minimum atomic E-state index is 0.827. The third kappa shape index (κ3) is 9.93. The van der Waals surface area contributed by atoms with Crippen molar-refractivity contribution < 1.29 is 4.74 Å². The third-order valence-electron chi connectivity index (χ3n) is 6.55. The van der Waals surface area contributed by atoms with Gasteiger partial charge in [-0.15, -0.1) is 0 Å². The molecule has 0 aliphatic rings. The Morgan fingerprint density at radius 3 is 1.39 bits per heavy atom. The Hall–Kier alpha value is -1.76. The molecule has 0 radical (unpaired) electrons. The minimum Gasteiger partial charge on any atom is -0.457 e. The molecule has 0 saturated heterocycles. The van der Waals surface area contributed by atoms with Crippen LogP contribution in [0.1, 0.15) is 103 Å². The van der Waals surface area contributed by atoms with E-state index in [2.05, 4.69) is 76.2 Å². The predicted molar refractivity (Wildman–Crippen MR) is 136 cm³/mol. The summed E-state index contributed by atoms with van der Waals surface area (Å²) in [4.78, 5) is 0. The standard InChI is InChI=1S/C30H46O/c1-5-7-15-25(3)17-13-21-27-19-9-11-23-29(27)31-30-24-12-10-20-28(30)22-14-18-26(4)16-8-6-2/h9-12,19-20,23-26H,5-8,13-18,21-22H2,1-4H3. The topological polar surface area (TPSA) is 9.23 Å². The zero-order valence-corrected chi connectivity index (χ0v) is 20.7. The second kappa shape index (κ2) is 15.1. The van der Waals surface area contributed by atoms with Crippen molar-refractivity contribution >= 4 is 0 Å². The summed E-state index contributed by atoms with van der Waals surface area (Å²) in [6.07, 6.45) is 15.3. The molecule has 1 nitrogen and oxygen atoms in total. The van der Waals surface area contributed by atoms with E-state index in [4.69, 9.17) is 4.74 Å². The maximum atomic E-state index is 6.49. The van der Waals surface area contributed by atoms with Crippen molar-refractivity contribution in [3.05, 3.63) is 59.7 Å². The number of aryl methyl sites for hydroxylation is 2. The van der Waals surface area contributed by atoms with E-state index < -0.39 is 0 Å². The molecular formula is C30H46O. The lowest BCUT2D eigenvalue weighted by Crippen LogP contribution is -1.99. The van der Waals surface area contributed by atoms with Gasteiger partial charge in [0.05, 0.1) is 0 Å². The second-order valence-electron chi connectivity index (χ2n) is 9.60. The van der Waals surface area contributed by atoms with Gasteiger partial charge in [0, 0.05) is 0 Å². The normalized spacial score (nSPS) is 13.2. The lowest BCUT2D eigenvalue weighted by atomic mass is 9.96. The average molecular weight is 423 g/mol. The van der Waals surface area contributed by atoms with Crippen LogP contribution in [0.5, 0.6) is 11.5 Å². The smallest absolute Gasteiger partial charge is 0.130 e. The van der Waals surface area contributed by atoms with E-state index in [0.29, 0.717) is 0 Å². The predicted octanol–water partition coefficient (Wildman–Crippen LogP) is 9.78. The van der Waals surface area contributed by atoms with Gasteiger partial charge in [-0.25, -0.2) is 0 Å². The fourth-order valence-electron chi connectivity index (χ4n) is 4.41. The van der Waals surface area contributed by atoms with E-state index in [9.17, 15) is 0 Å². The molecule has 0 aliphatic heterocycles. The number of rotatable bonds is 16. The average Bonchev–Trinajstić information content (AvgIpc) is 2.78. The first-order valence-corrected chi connectivity index (χ1v) is 13.0. The van der Waals surface area contributed by atoms with E-state index in [1.807, 2.05) is 0 Å². The summed E-state index contributed by atoms with van der Waals surface area (Å²) in [5, 5.41) is 0. The molecule has 0 aliphatic carbocycles. The molecular weight excluding hydrogens is 376 g/mol. The maximum absolute atomic E-state index is 6.49. The molecule has 0 saturated carbocycles. The van der Waals surface area contributed by atoms with Crippen molar-refractivity contribution in [2.75, 3.05) is 0 Å². The van der Waals surface area contributed by atoms with Gasteiger partial charge < -0.3 is 4.74 Å². The molecule has 1 heteroatoms. The quantitative estimate of drug-likeness (QED) is 0.261. The summed E-state index contributed by atoms with van der Waals surface area (Å²) in [6.45, 7) is 9.37. The number of ether oxygens (including phenoxy) is 1. The summed E-state index contributed by atoms with van der Waals surface area (Å²) in [5.41, 5.74) is 2.68. The van der Waals surface area contributed by atoms with Crippen LogP contribution in [-0.2, 0) is 12.8 Å². The van der Waals surface area contributed by atoms with Gasteiger partial charge in [-0.1, -0.05) is 115 Å². The van der Waals surface area contributed by atoms with Crippen LogP contribution in [0.15, 0.2) is 48.5 Å². The molecule has 0 fully saturated rings. The molecule has 2 unspecified atom stereocenters. The molecule has 0 aromatic heterocycles. The molecule has 31 heavy (non-hydrogen) atoms. The zero-order valence-electron chi connectivity index (χ0n) is 20.7. The zero-order chi connectivity index (χ0) is 22.3. The van der Waals surface area contributed by atoms with Gasteiger partial charge in [-0.05, 0) is 60.8 Å². The molecule has 2 aromatic rings. The van der Waals surface area contributed by atoms with Crippen molar-refractivity contribution in [3.8, 4) is 11.5 Å². The Morgan fingerprint density at radius 1 is 0.581 bits per heavy atom. The van der Waals surface area contributed by atoms with E-state index >= 15 is 0 Å². The van der Waals surface area contributed by atoms with Gasteiger partial charge >= 0.3 is 0 Å². The fraction of sp³-hybridized carbons (Fsp3) is 0.600. The van der Waals surface area contributed by atoms with Crippen LogP contribution in [0, 0.1) is 11.8 Å². The summed E-state index contributed by atoms with van der Waals surface area (Å²) >= 11 is 0. The molecule has 0 heterocycles. The molecule has 0 N–H and O–H groups in total. The largest absolute Gasteiger partial charge is 0.457 e. The maximum Gasteiger partial charge on any atom is 0.130 e. The first kappa shape index (κ1) is 25.5. The van der Waals surface area contributed by atoms with Crippen LogP contribution in [0.2, 0.25) is 0 Å². The number of para-hydroxylation sites is 2. The lowest BCUT2D eigenvalue weighted by molar-refractivity contribution is 0.441. The van der Waals surface area contributed by atoms with Crippen LogP contribution in [-0.4, -0.2) is 0 Å². The van der Waals surface area contributed by atoms with Crippen molar-refractivity contribution in [3.63, 3.8) is 0 Å². The number of unbranched alkanes of at least 4 members (excludes halogenated alkanes) is 2. The van der Waals surface area contributed by atoms with Crippen LogP contribution in [0.25, 0.3) is 0 Å². The Morgan fingerprint density at radius 2 is 0.968 bits per heavy atom.